The van der Waals surface area contributed by atoms with Crippen LogP contribution in [0.15, 0.2) is 22.7 Å². The lowest BCUT2D eigenvalue weighted by Crippen LogP contribution is -2.44. The van der Waals surface area contributed by atoms with Gasteiger partial charge < -0.3 is 14.7 Å². The lowest BCUT2D eigenvalue weighted by atomic mass is 10.1. The Morgan fingerprint density at radius 2 is 1.83 bits per heavy atom. The molecule has 3 rings (SSSR count). The van der Waals surface area contributed by atoms with Gasteiger partial charge in [-0.1, -0.05) is 23.2 Å². The molecule has 1 aliphatic rings. The van der Waals surface area contributed by atoms with Gasteiger partial charge in [0.05, 0.1) is 0 Å². The van der Waals surface area contributed by atoms with E-state index in [0.29, 0.717) is 21.9 Å². The van der Waals surface area contributed by atoms with Crippen LogP contribution in [-0.2, 0) is 0 Å². The van der Waals surface area contributed by atoms with Crippen molar-refractivity contribution < 1.29 is 4.52 Å². The van der Waals surface area contributed by atoms with E-state index in [9.17, 15) is 0 Å². The Balaban J connectivity index is 1.91. The number of rotatable bonds is 4. The van der Waals surface area contributed by atoms with E-state index < -0.39 is 0 Å². The summed E-state index contributed by atoms with van der Waals surface area (Å²) in [5.74, 6) is 1.16. The number of halogens is 2. The molecule has 1 fully saturated rings. The van der Waals surface area contributed by atoms with Gasteiger partial charge in [0.1, 0.15) is 6.04 Å². The fourth-order valence-electron chi connectivity index (χ4n) is 2.73. The highest BCUT2D eigenvalue weighted by molar-refractivity contribution is 6.34. The first-order valence-corrected chi connectivity index (χ1v) is 8.22. The first kappa shape index (κ1) is 16.5. The largest absolute Gasteiger partial charge is 0.336 e. The minimum atomic E-state index is -0.199. The summed E-state index contributed by atoms with van der Waals surface area (Å²) < 4.78 is 5.52. The predicted molar refractivity (Wildman–Crippen MR) is 91.4 cm³/mol. The van der Waals surface area contributed by atoms with Crippen molar-refractivity contribution >= 4 is 29.2 Å². The van der Waals surface area contributed by atoms with E-state index in [1.54, 1.807) is 6.07 Å². The monoisotopic (exact) mass is 355 g/mol. The molecule has 1 aromatic heterocycles. The summed E-state index contributed by atoms with van der Waals surface area (Å²) in [6.07, 6.45) is 0. The van der Waals surface area contributed by atoms with Crippen LogP contribution < -0.4 is 10.2 Å². The molecule has 8 heteroatoms. The fraction of sp³-hybridized carbons (Fsp3) is 0.467. The molecule has 2 aromatic rings. The van der Waals surface area contributed by atoms with E-state index >= 15 is 0 Å². The number of hydrogen-bond acceptors (Lipinski definition) is 6. The molecule has 1 atom stereocenters. The third-order valence-electron chi connectivity index (χ3n) is 3.78. The molecule has 6 nitrogen and oxygen atoms in total. The highest BCUT2D eigenvalue weighted by Crippen LogP contribution is 2.31. The van der Waals surface area contributed by atoms with Crippen LogP contribution in [0.5, 0.6) is 0 Å². The second kappa shape index (κ2) is 7.05. The molecule has 1 saturated heterocycles. The van der Waals surface area contributed by atoms with Crippen LogP contribution in [0, 0.1) is 0 Å². The smallest absolute Gasteiger partial charge is 0.266 e. The van der Waals surface area contributed by atoms with Crippen molar-refractivity contribution in [1.82, 2.24) is 20.4 Å². The molecule has 0 aliphatic carbocycles. The van der Waals surface area contributed by atoms with Crippen molar-refractivity contribution in [3.8, 4) is 0 Å². The molecule has 0 amide bonds. The average Bonchev–Trinajstić information content (AvgIpc) is 2.96. The summed E-state index contributed by atoms with van der Waals surface area (Å²) >= 11 is 12.3. The maximum absolute atomic E-state index is 6.13. The maximum atomic E-state index is 6.13. The van der Waals surface area contributed by atoms with Crippen LogP contribution >= 0.6 is 23.2 Å². The second-order valence-corrected chi connectivity index (χ2v) is 6.61. The molecule has 23 heavy (non-hydrogen) atoms. The number of benzene rings is 1. The van der Waals surface area contributed by atoms with Crippen LogP contribution in [0.1, 0.15) is 17.5 Å². The minimum absolute atomic E-state index is 0.199. The van der Waals surface area contributed by atoms with E-state index in [1.807, 2.05) is 31.1 Å². The van der Waals surface area contributed by atoms with Crippen LogP contribution in [0.4, 0.5) is 5.95 Å². The van der Waals surface area contributed by atoms with Gasteiger partial charge in [-0.3, -0.25) is 4.90 Å². The molecular formula is C15H19Cl2N5O. The van der Waals surface area contributed by atoms with E-state index in [4.69, 9.17) is 27.7 Å². The fourth-order valence-corrected chi connectivity index (χ4v) is 3.27. The lowest BCUT2D eigenvalue weighted by molar-refractivity contribution is 0.261. The Bertz CT molecular complexity index is 649. The second-order valence-electron chi connectivity index (χ2n) is 5.74. The maximum Gasteiger partial charge on any atom is 0.266 e. The summed E-state index contributed by atoms with van der Waals surface area (Å²) in [6, 6.07) is 5.24. The molecule has 0 saturated carbocycles. The number of nitrogens with one attached hydrogen (secondary N) is 1. The summed E-state index contributed by atoms with van der Waals surface area (Å²) in [6.45, 7) is 3.58. The first-order chi connectivity index (χ1) is 11.0. The molecule has 2 heterocycles. The number of piperazine rings is 1. The van der Waals surface area contributed by atoms with E-state index in [2.05, 4.69) is 20.4 Å². The van der Waals surface area contributed by atoms with Crippen LogP contribution in [0.25, 0.3) is 0 Å². The van der Waals surface area contributed by atoms with Crippen molar-refractivity contribution in [2.75, 3.05) is 45.2 Å². The zero-order valence-corrected chi connectivity index (χ0v) is 14.6. The van der Waals surface area contributed by atoms with E-state index in [1.165, 1.54) is 0 Å². The van der Waals surface area contributed by atoms with Gasteiger partial charge in [0.25, 0.3) is 5.95 Å². The van der Waals surface area contributed by atoms with Crippen molar-refractivity contribution in [2.45, 2.75) is 6.04 Å². The van der Waals surface area contributed by atoms with Gasteiger partial charge in [0.2, 0.25) is 5.89 Å². The summed E-state index contributed by atoms with van der Waals surface area (Å²) in [5.41, 5.74) is 0.919. The summed E-state index contributed by atoms with van der Waals surface area (Å²) in [7, 11) is 3.91. The van der Waals surface area contributed by atoms with Gasteiger partial charge in [0.15, 0.2) is 0 Å². The number of anilines is 1. The molecule has 1 aliphatic heterocycles. The molecule has 124 valence electrons. The van der Waals surface area contributed by atoms with Gasteiger partial charge in [-0.2, -0.15) is 4.98 Å². The summed E-state index contributed by atoms with van der Waals surface area (Å²) in [4.78, 5) is 8.69. The molecule has 0 radical (unpaired) electrons. The predicted octanol–water partition coefficient (Wildman–Crippen LogP) is 2.44. The Morgan fingerprint density at radius 3 is 2.43 bits per heavy atom. The van der Waals surface area contributed by atoms with E-state index in [-0.39, 0.29) is 6.04 Å². The highest BCUT2D eigenvalue weighted by atomic mass is 35.5. The molecular weight excluding hydrogens is 337 g/mol. The molecule has 1 aromatic carbocycles. The standard InChI is InChI=1S/C15H19Cl2N5O/c1-21(2)13(10-7-11(16)9-12(17)8-10)14-19-15(20-23-14)22-5-3-18-4-6-22/h7-9,13,18H,3-6H2,1-2H3. The Hall–Kier alpha value is -1.34. The lowest BCUT2D eigenvalue weighted by Gasteiger charge is -2.25. The average molecular weight is 356 g/mol. The zero-order valence-electron chi connectivity index (χ0n) is 13.1. The molecule has 0 bridgehead atoms. The zero-order chi connectivity index (χ0) is 16.4. The van der Waals surface area contributed by atoms with Gasteiger partial charge >= 0.3 is 0 Å². The van der Waals surface area contributed by atoms with Gasteiger partial charge in [-0.25, -0.2) is 0 Å². The normalized spacial score (nSPS) is 16.8. The Kier molecular flexibility index (Phi) is 5.06. The molecule has 0 spiro atoms. The third-order valence-corrected chi connectivity index (χ3v) is 4.22. The van der Waals surface area contributed by atoms with E-state index in [0.717, 1.165) is 31.7 Å². The van der Waals surface area contributed by atoms with Gasteiger partial charge in [0, 0.05) is 36.2 Å². The Labute approximate surface area is 145 Å². The highest BCUT2D eigenvalue weighted by Gasteiger charge is 2.26. The summed E-state index contributed by atoms with van der Waals surface area (Å²) in [5, 5.41) is 8.61. The van der Waals surface area contributed by atoms with Crippen molar-refractivity contribution in [2.24, 2.45) is 0 Å². The van der Waals surface area contributed by atoms with Crippen molar-refractivity contribution in [3.63, 3.8) is 0 Å². The SMILES string of the molecule is CN(C)C(c1cc(Cl)cc(Cl)c1)c1nc(N2CCNCC2)no1. The Morgan fingerprint density at radius 1 is 1.17 bits per heavy atom. The van der Waals surface area contributed by atoms with Crippen LogP contribution in [0.2, 0.25) is 10.0 Å². The van der Waals surface area contributed by atoms with Crippen LogP contribution in [-0.4, -0.2) is 55.3 Å². The van der Waals surface area contributed by atoms with Crippen LogP contribution in [0.3, 0.4) is 0 Å². The quantitative estimate of drug-likeness (QED) is 0.908. The number of hydrogen-bond donors (Lipinski definition) is 1. The number of aromatic nitrogens is 2. The van der Waals surface area contributed by atoms with Crippen molar-refractivity contribution in [3.05, 3.63) is 39.7 Å². The molecule has 1 unspecified atom stereocenters. The third kappa shape index (κ3) is 3.77. The number of nitrogens with zero attached hydrogens (tertiary/aromatic N) is 4. The molecule has 1 N–H and O–H groups in total. The van der Waals surface area contributed by atoms with Crippen molar-refractivity contribution in [1.29, 1.82) is 0 Å². The first-order valence-electron chi connectivity index (χ1n) is 7.46. The minimum Gasteiger partial charge on any atom is -0.336 e. The topological polar surface area (TPSA) is 57.4 Å². The van der Waals surface area contributed by atoms with Gasteiger partial charge in [-0.15, -0.1) is 0 Å². The van der Waals surface area contributed by atoms with Gasteiger partial charge in [-0.05, 0) is 43.0 Å².